The zero-order valence-electron chi connectivity index (χ0n) is 21.4. The second-order valence-electron chi connectivity index (χ2n) is 9.87. The minimum Gasteiger partial charge on any atom is -0.343 e. The number of nitrogens with zero attached hydrogens (tertiary/aromatic N) is 4. The highest BCUT2D eigenvalue weighted by atomic mass is 19.1. The fourth-order valence-corrected chi connectivity index (χ4v) is 4.86. The van der Waals surface area contributed by atoms with Crippen LogP contribution in [0.1, 0.15) is 59.3 Å². The predicted octanol–water partition coefficient (Wildman–Crippen LogP) is 4.85. The monoisotopic (exact) mass is 511 g/mol. The average Bonchev–Trinajstić information content (AvgIpc) is 3.62. The standard InChI is InChI=1S/C30H30FN5O2/c1-20(2)21-11-13-23(14-12-21)28(22-7-4-3-5-8-22)34-29(37)27-16-25(31)17-35(27)30(38)24-9-6-10-26(15-24)36-19-32-18-33-36/h3-15,18-20,25,27-28H,16-17H2,1-2H3,(H,34,37). The summed E-state index contributed by atoms with van der Waals surface area (Å²) in [7, 11) is 0. The zero-order chi connectivity index (χ0) is 26.6. The van der Waals surface area contributed by atoms with Gasteiger partial charge in [0, 0.05) is 12.0 Å². The lowest BCUT2D eigenvalue weighted by molar-refractivity contribution is -0.125. The molecule has 1 saturated heterocycles. The molecule has 0 bridgehead atoms. The molecule has 194 valence electrons. The lowest BCUT2D eigenvalue weighted by atomic mass is 9.95. The van der Waals surface area contributed by atoms with E-state index in [0.29, 0.717) is 17.2 Å². The number of aromatic nitrogens is 3. The number of alkyl halides is 1. The third kappa shape index (κ3) is 5.34. The molecule has 0 spiro atoms. The first-order valence-corrected chi connectivity index (χ1v) is 12.8. The molecule has 3 aromatic carbocycles. The van der Waals surface area contributed by atoms with Crippen LogP contribution in [0.3, 0.4) is 0 Å². The Labute approximate surface area is 221 Å². The van der Waals surface area contributed by atoms with Crippen LogP contribution in [-0.2, 0) is 4.79 Å². The second kappa shape index (κ2) is 11.0. The molecule has 1 aliphatic heterocycles. The SMILES string of the molecule is CC(C)c1ccc(C(NC(=O)C2CC(F)CN2C(=O)c2cccc(-n3cncn3)c2)c2ccccc2)cc1. The molecule has 1 aliphatic rings. The molecule has 2 heterocycles. The van der Waals surface area contributed by atoms with E-state index in [0.717, 1.165) is 11.1 Å². The maximum Gasteiger partial charge on any atom is 0.254 e. The van der Waals surface area contributed by atoms with Gasteiger partial charge in [0.2, 0.25) is 5.91 Å². The summed E-state index contributed by atoms with van der Waals surface area (Å²) in [5.74, 6) is -0.394. The Kier molecular flexibility index (Phi) is 7.31. The number of carbonyl (C=O) groups is 2. The van der Waals surface area contributed by atoms with E-state index in [4.69, 9.17) is 0 Å². The van der Waals surface area contributed by atoms with E-state index in [2.05, 4.69) is 41.4 Å². The van der Waals surface area contributed by atoms with Crippen LogP contribution in [0.2, 0.25) is 0 Å². The highest BCUT2D eigenvalue weighted by molar-refractivity contribution is 5.98. The number of nitrogens with one attached hydrogen (secondary N) is 1. The van der Waals surface area contributed by atoms with Gasteiger partial charge in [0.1, 0.15) is 24.9 Å². The summed E-state index contributed by atoms with van der Waals surface area (Å²) < 4.78 is 16.2. The van der Waals surface area contributed by atoms with Crippen molar-refractivity contribution in [3.05, 3.63) is 114 Å². The summed E-state index contributed by atoms with van der Waals surface area (Å²) in [6.45, 7) is 4.13. The normalized spacial score (nSPS) is 17.9. The third-order valence-corrected chi connectivity index (χ3v) is 6.95. The molecule has 0 saturated carbocycles. The maximum atomic E-state index is 14.7. The van der Waals surface area contributed by atoms with Gasteiger partial charge in [-0.15, -0.1) is 0 Å². The van der Waals surface area contributed by atoms with Crippen LogP contribution < -0.4 is 5.32 Å². The Morgan fingerprint density at radius 1 is 0.947 bits per heavy atom. The molecule has 7 nitrogen and oxygen atoms in total. The van der Waals surface area contributed by atoms with Gasteiger partial charge in [0.05, 0.1) is 18.3 Å². The Hall–Kier alpha value is -4.33. The molecule has 5 rings (SSSR count). The quantitative estimate of drug-likeness (QED) is 0.385. The van der Waals surface area contributed by atoms with Crippen molar-refractivity contribution in [2.45, 2.75) is 44.4 Å². The van der Waals surface area contributed by atoms with Gasteiger partial charge in [-0.05, 0) is 40.8 Å². The van der Waals surface area contributed by atoms with Crippen LogP contribution in [0.15, 0.2) is 91.5 Å². The van der Waals surface area contributed by atoms with Gasteiger partial charge < -0.3 is 10.2 Å². The van der Waals surface area contributed by atoms with E-state index in [1.54, 1.807) is 24.3 Å². The van der Waals surface area contributed by atoms with E-state index in [1.165, 1.54) is 27.8 Å². The van der Waals surface area contributed by atoms with Gasteiger partial charge in [-0.2, -0.15) is 5.10 Å². The fraction of sp³-hybridized carbons (Fsp3) is 0.267. The molecule has 3 atom stereocenters. The number of likely N-dealkylation sites (tertiary alicyclic amines) is 1. The number of hydrogen-bond acceptors (Lipinski definition) is 4. The van der Waals surface area contributed by atoms with Crippen LogP contribution >= 0.6 is 0 Å². The van der Waals surface area contributed by atoms with Gasteiger partial charge in [-0.25, -0.2) is 14.1 Å². The van der Waals surface area contributed by atoms with E-state index in [9.17, 15) is 14.0 Å². The van der Waals surface area contributed by atoms with Crippen molar-refractivity contribution in [2.24, 2.45) is 0 Å². The Morgan fingerprint density at radius 2 is 1.66 bits per heavy atom. The lowest BCUT2D eigenvalue weighted by Gasteiger charge is -2.27. The highest BCUT2D eigenvalue weighted by Crippen LogP contribution is 2.28. The van der Waals surface area contributed by atoms with Crippen LogP contribution in [-0.4, -0.2) is 50.2 Å². The van der Waals surface area contributed by atoms with Gasteiger partial charge >= 0.3 is 0 Å². The first-order valence-electron chi connectivity index (χ1n) is 12.8. The zero-order valence-corrected chi connectivity index (χ0v) is 21.4. The molecule has 1 fully saturated rings. The van der Waals surface area contributed by atoms with Gasteiger partial charge in [-0.1, -0.05) is 74.5 Å². The molecule has 38 heavy (non-hydrogen) atoms. The molecular weight excluding hydrogens is 481 g/mol. The van der Waals surface area contributed by atoms with Crippen LogP contribution in [0, 0.1) is 0 Å². The molecule has 8 heteroatoms. The maximum absolute atomic E-state index is 14.7. The van der Waals surface area contributed by atoms with Crippen molar-refractivity contribution in [1.82, 2.24) is 25.0 Å². The van der Waals surface area contributed by atoms with Crippen LogP contribution in [0.4, 0.5) is 4.39 Å². The number of hydrogen-bond donors (Lipinski definition) is 1. The number of halogens is 1. The first kappa shape index (κ1) is 25.3. The molecule has 0 radical (unpaired) electrons. The molecule has 3 unspecified atom stereocenters. The third-order valence-electron chi connectivity index (χ3n) is 6.95. The molecule has 4 aromatic rings. The van der Waals surface area contributed by atoms with E-state index in [1.807, 2.05) is 42.5 Å². The molecule has 2 amide bonds. The van der Waals surface area contributed by atoms with Crippen LogP contribution in [0.5, 0.6) is 0 Å². The van der Waals surface area contributed by atoms with Crippen molar-refractivity contribution < 1.29 is 14.0 Å². The van der Waals surface area contributed by atoms with Crippen molar-refractivity contribution in [1.29, 1.82) is 0 Å². The molecule has 0 aliphatic carbocycles. The Bertz CT molecular complexity index is 1390. The van der Waals surface area contributed by atoms with E-state index in [-0.39, 0.29) is 18.9 Å². The van der Waals surface area contributed by atoms with Crippen molar-refractivity contribution in [3.63, 3.8) is 0 Å². The minimum atomic E-state index is -1.28. The number of rotatable bonds is 7. The summed E-state index contributed by atoms with van der Waals surface area (Å²) in [6.07, 6.45) is 1.61. The van der Waals surface area contributed by atoms with Crippen molar-refractivity contribution in [3.8, 4) is 5.69 Å². The summed E-state index contributed by atoms with van der Waals surface area (Å²) in [5.41, 5.74) is 4.04. The lowest BCUT2D eigenvalue weighted by Crippen LogP contribution is -2.47. The van der Waals surface area contributed by atoms with E-state index < -0.39 is 24.2 Å². The molecule has 1 aromatic heterocycles. The van der Waals surface area contributed by atoms with Crippen molar-refractivity contribution >= 4 is 11.8 Å². The smallest absolute Gasteiger partial charge is 0.254 e. The van der Waals surface area contributed by atoms with Crippen molar-refractivity contribution in [2.75, 3.05) is 6.54 Å². The molecule has 1 N–H and O–H groups in total. The number of benzene rings is 3. The topological polar surface area (TPSA) is 80.1 Å². The number of carbonyl (C=O) groups excluding carboxylic acids is 2. The summed E-state index contributed by atoms with van der Waals surface area (Å²) >= 11 is 0. The molecular formula is C30H30FN5O2. The van der Waals surface area contributed by atoms with Gasteiger partial charge in [0.15, 0.2) is 0 Å². The average molecular weight is 512 g/mol. The summed E-state index contributed by atoms with van der Waals surface area (Å²) in [6, 6.07) is 23.3. The predicted molar refractivity (Wildman–Crippen MR) is 143 cm³/mol. The first-order chi connectivity index (χ1) is 18.4. The highest BCUT2D eigenvalue weighted by Gasteiger charge is 2.41. The Morgan fingerprint density at radius 3 is 2.34 bits per heavy atom. The fourth-order valence-electron chi connectivity index (χ4n) is 4.86. The number of amides is 2. The summed E-state index contributed by atoms with van der Waals surface area (Å²) in [5, 5.41) is 7.21. The largest absolute Gasteiger partial charge is 0.343 e. The minimum absolute atomic E-state index is 0.0475. The Balaban J connectivity index is 1.40. The van der Waals surface area contributed by atoms with Crippen LogP contribution in [0.25, 0.3) is 5.69 Å². The van der Waals surface area contributed by atoms with Gasteiger partial charge in [-0.3, -0.25) is 9.59 Å². The second-order valence-corrected chi connectivity index (χ2v) is 9.87. The summed E-state index contributed by atoms with van der Waals surface area (Å²) in [4.78, 5) is 32.4. The van der Waals surface area contributed by atoms with Gasteiger partial charge in [0.25, 0.3) is 5.91 Å². The van der Waals surface area contributed by atoms with E-state index >= 15 is 0 Å².